The molecule has 156 valence electrons. The van der Waals surface area contributed by atoms with Crippen LogP contribution in [0.5, 0.6) is 0 Å². The fraction of sp³-hybridized carbons (Fsp3) is 0.591. The summed E-state index contributed by atoms with van der Waals surface area (Å²) in [6.45, 7) is 2.15. The third-order valence-electron chi connectivity index (χ3n) is 6.12. The number of likely N-dealkylation sites (tertiary alicyclic amines) is 1. The molecule has 0 bridgehead atoms. The Hall–Kier alpha value is -1.99. The number of pyridine rings is 1. The van der Waals surface area contributed by atoms with Crippen molar-refractivity contribution in [1.82, 2.24) is 20.1 Å². The van der Waals surface area contributed by atoms with Gasteiger partial charge in [0.05, 0.1) is 11.4 Å². The largest absolute Gasteiger partial charge is 0.352 e. The van der Waals surface area contributed by atoms with Crippen molar-refractivity contribution in [3.05, 3.63) is 28.8 Å². The van der Waals surface area contributed by atoms with Crippen LogP contribution in [0.2, 0.25) is 0 Å². The SMILES string of the molecule is CN(C)C(=O)c1sc2ncccc2c1[C@@H]1CCN(CC(=O)NC2CCCCC2)C1. The van der Waals surface area contributed by atoms with E-state index >= 15 is 0 Å². The monoisotopic (exact) mass is 414 g/mol. The number of carbonyl (C=O) groups is 2. The highest BCUT2D eigenvalue weighted by Crippen LogP contribution is 2.39. The first kappa shape index (κ1) is 20.3. The van der Waals surface area contributed by atoms with Crippen LogP contribution >= 0.6 is 11.3 Å². The van der Waals surface area contributed by atoms with Gasteiger partial charge in [-0.25, -0.2) is 4.98 Å². The van der Waals surface area contributed by atoms with Gasteiger partial charge in [0.1, 0.15) is 4.83 Å². The molecule has 1 aliphatic heterocycles. The van der Waals surface area contributed by atoms with Crippen LogP contribution < -0.4 is 5.32 Å². The minimum atomic E-state index is 0.0384. The highest BCUT2D eigenvalue weighted by atomic mass is 32.1. The lowest BCUT2D eigenvalue weighted by molar-refractivity contribution is -0.122. The van der Waals surface area contributed by atoms with Crippen molar-refractivity contribution < 1.29 is 9.59 Å². The standard InChI is InChI=1S/C22H30N4O2S/c1-25(2)22(28)20-19(17-9-6-11-23-21(17)29-20)15-10-12-26(13-15)14-18(27)24-16-7-4-3-5-8-16/h6,9,11,15-16H,3-5,7-8,10,12-14H2,1-2H3,(H,24,27)/t15-/m1/s1. The topological polar surface area (TPSA) is 65.5 Å². The molecule has 0 aromatic carbocycles. The maximum absolute atomic E-state index is 12.8. The van der Waals surface area contributed by atoms with E-state index in [0.29, 0.717) is 12.6 Å². The highest BCUT2D eigenvalue weighted by molar-refractivity contribution is 7.20. The first-order valence-corrected chi connectivity index (χ1v) is 11.5. The van der Waals surface area contributed by atoms with Gasteiger partial charge in [0.2, 0.25) is 5.91 Å². The number of nitrogens with one attached hydrogen (secondary N) is 1. The third kappa shape index (κ3) is 4.46. The lowest BCUT2D eigenvalue weighted by atomic mass is 9.95. The summed E-state index contributed by atoms with van der Waals surface area (Å²) in [5, 5.41) is 4.30. The molecular weight excluding hydrogens is 384 g/mol. The molecule has 1 saturated heterocycles. The lowest BCUT2D eigenvalue weighted by Gasteiger charge is -2.24. The number of aromatic nitrogens is 1. The molecule has 2 aliphatic rings. The minimum absolute atomic E-state index is 0.0384. The Bertz CT molecular complexity index is 888. The molecule has 1 aliphatic carbocycles. The number of amides is 2. The van der Waals surface area contributed by atoms with Gasteiger partial charge in [0.15, 0.2) is 0 Å². The molecule has 1 saturated carbocycles. The number of nitrogens with zero attached hydrogens (tertiary/aromatic N) is 3. The maximum Gasteiger partial charge on any atom is 0.263 e. The van der Waals surface area contributed by atoms with Crippen molar-refractivity contribution in [3.8, 4) is 0 Å². The Kier molecular flexibility index (Phi) is 6.15. The molecule has 2 amide bonds. The van der Waals surface area contributed by atoms with Crippen LogP contribution in [0.15, 0.2) is 18.3 Å². The van der Waals surface area contributed by atoms with E-state index in [1.807, 2.05) is 6.07 Å². The molecule has 2 aromatic heterocycles. The lowest BCUT2D eigenvalue weighted by Crippen LogP contribution is -2.42. The predicted octanol–water partition coefficient (Wildman–Crippen LogP) is 3.24. The van der Waals surface area contributed by atoms with E-state index in [2.05, 4.69) is 21.3 Å². The van der Waals surface area contributed by atoms with Gasteiger partial charge >= 0.3 is 0 Å². The Morgan fingerprint density at radius 3 is 2.79 bits per heavy atom. The molecule has 2 aromatic rings. The summed E-state index contributed by atoms with van der Waals surface area (Å²) in [5.74, 6) is 0.435. The molecular formula is C22H30N4O2S. The zero-order valence-electron chi connectivity index (χ0n) is 17.3. The molecule has 4 rings (SSSR count). The molecule has 6 nitrogen and oxygen atoms in total. The molecule has 0 spiro atoms. The van der Waals surface area contributed by atoms with Gasteiger partial charge in [-0.2, -0.15) is 0 Å². The van der Waals surface area contributed by atoms with Crippen LogP contribution in [-0.2, 0) is 4.79 Å². The zero-order valence-corrected chi connectivity index (χ0v) is 18.1. The van der Waals surface area contributed by atoms with Gasteiger partial charge in [-0.3, -0.25) is 14.5 Å². The van der Waals surface area contributed by atoms with Crippen LogP contribution in [0.3, 0.4) is 0 Å². The maximum atomic E-state index is 12.8. The molecule has 1 N–H and O–H groups in total. The summed E-state index contributed by atoms with van der Waals surface area (Å²) >= 11 is 1.49. The van der Waals surface area contributed by atoms with Gasteiger partial charge < -0.3 is 10.2 Å². The molecule has 3 heterocycles. The van der Waals surface area contributed by atoms with Gasteiger partial charge in [-0.05, 0) is 37.4 Å². The molecule has 7 heteroatoms. The van der Waals surface area contributed by atoms with Crippen molar-refractivity contribution in [2.75, 3.05) is 33.7 Å². The smallest absolute Gasteiger partial charge is 0.263 e. The first-order chi connectivity index (χ1) is 14.0. The van der Waals surface area contributed by atoms with Crippen LogP contribution in [0.25, 0.3) is 10.2 Å². The van der Waals surface area contributed by atoms with Crippen molar-refractivity contribution >= 4 is 33.4 Å². The number of fused-ring (bicyclic) bond motifs is 1. The average molecular weight is 415 g/mol. The Morgan fingerprint density at radius 1 is 1.24 bits per heavy atom. The number of hydrogen-bond acceptors (Lipinski definition) is 5. The molecule has 2 fully saturated rings. The predicted molar refractivity (Wildman–Crippen MR) is 116 cm³/mol. The second-order valence-corrected chi connectivity index (χ2v) is 9.52. The molecule has 0 radical (unpaired) electrons. The molecule has 29 heavy (non-hydrogen) atoms. The van der Waals surface area contributed by atoms with Gasteiger partial charge in [0, 0.05) is 44.2 Å². The van der Waals surface area contributed by atoms with Crippen molar-refractivity contribution in [2.24, 2.45) is 0 Å². The van der Waals surface area contributed by atoms with E-state index in [4.69, 9.17) is 0 Å². The summed E-state index contributed by atoms with van der Waals surface area (Å²) in [4.78, 5) is 35.4. The Labute approximate surface area is 176 Å². The first-order valence-electron chi connectivity index (χ1n) is 10.6. The number of thiophene rings is 1. The number of carbonyl (C=O) groups excluding carboxylic acids is 2. The van der Waals surface area contributed by atoms with Crippen molar-refractivity contribution in [2.45, 2.75) is 50.5 Å². The van der Waals surface area contributed by atoms with E-state index in [-0.39, 0.29) is 17.7 Å². The van der Waals surface area contributed by atoms with E-state index in [0.717, 1.165) is 53.0 Å². The normalized spacial score (nSPS) is 20.8. The second kappa shape index (κ2) is 8.79. The van der Waals surface area contributed by atoms with E-state index in [9.17, 15) is 9.59 Å². The van der Waals surface area contributed by atoms with E-state index in [1.165, 1.54) is 30.6 Å². The summed E-state index contributed by atoms with van der Waals surface area (Å²) < 4.78 is 0. The minimum Gasteiger partial charge on any atom is -0.352 e. The number of hydrogen-bond donors (Lipinski definition) is 1. The molecule has 0 unspecified atom stereocenters. The van der Waals surface area contributed by atoms with Gasteiger partial charge in [-0.1, -0.05) is 25.3 Å². The van der Waals surface area contributed by atoms with E-state index in [1.54, 1.807) is 25.2 Å². The fourth-order valence-corrected chi connectivity index (χ4v) is 5.90. The van der Waals surface area contributed by atoms with Crippen molar-refractivity contribution in [3.63, 3.8) is 0 Å². The van der Waals surface area contributed by atoms with Crippen LogP contribution in [0.4, 0.5) is 0 Å². The van der Waals surface area contributed by atoms with E-state index < -0.39 is 0 Å². The summed E-state index contributed by atoms with van der Waals surface area (Å²) in [6, 6.07) is 4.36. The van der Waals surface area contributed by atoms with Crippen LogP contribution in [0.1, 0.15) is 59.7 Å². The second-order valence-electron chi connectivity index (χ2n) is 8.52. The highest BCUT2D eigenvalue weighted by Gasteiger charge is 2.32. The van der Waals surface area contributed by atoms with Gasteiger partial charge in [-0.15, -0.1) is 11.3 Å². The zero-order chi connectivity index (χ0) is 20.4. The van der Waals surface area contributed by atoms with Crippen molar-refractivity contribution in [1.29, 1.82) is 0 Å². The Morgan fingerprint density at radius 2 is 2.03 bits per heavy atom. The van der Waals surface area contributed by atoms with Crippen LogP contribution in [0, 0.1) is 0 Å². The average Bonchev–Trinajstić information content (AvgIpc) is 3.31. The quantitative estimate of drug-likeness (QED) is 0.816. The van der Waals surface area contributed by atoms with Gasteiger partial charge in [0.25, 0.3) is 5.91 Å². The van der Waals surface area contributed by atoms with Crippen LogP contribution in [-0.4, -0.2) is 66.4 Å². The number of rotatable bonds is 5. The fourth-order valence-electron chi connectivity index (χ4n) is 4.65. The molecule has 1 atom stereocenters. The summed E-state index contributed by atoms with van der Waals surface area (Å²) in [7, 11) is 3.58. The Balaban J connectivity index is 1.47. The summed E-state index contributed by atoms with van der Waals surface area (Å²) in [5.41, 5.74) is 1.12. The summed E-state index contributed by atoms with van der Waals surface area (Å²) in [6.07, 6.45) is 8.69. The third-order valence-corrected chi connectivity index (χ3v) is 7.24.